The van der Waals surface area contributed by atoms with E-state index in [9.17, 15) is 4.79 Å². The average molecular weight is 292 g/mol. The molecular formula is C13H12BrN2O+. The number of nitrogens with two attached hydrogens (primary N) is 1. The van der Waals surface area contributed by atoms with Gasteiger partial charge in [-0.1, -0.05) is 28.1 Å². The molecule has 4 heteroatoms. The van der Waals surface area contributed by atoms with Gasteiger partial charge in [-0.25, -0.2) is 0 Å². The van der Waals surface area contributed by atoms with Crippen LogP contribution in [-0.2, 0) is 6.54 Å². The molecule has 3 nitrogen and oxygen atoms in total. The summed E-state index contributed by atoms with van der Waals surface area (Å²) in [7, 11) is 0. The Labute approximate surface area is 108 Å². The maximum Gasteiger partial charge on any atom is 0.227 e. The zero-order valence-electron chi connectivity index (χ0n) is 9.14. The van der Waals surface area contributed by atoms with Gasteiger partial charge in [-0.2, -0.15) is 4.57 Å². The van der Waals surface area contributed by atoms with E-state index < -0.39 is 0 Å². The van der Waals surface area contributed by atoms with E-state index in [1.165, 1.54) is 0 Å². The van der Waals surface area contributed by atoms with Crippen molar-refractivity contribution in [3.63, 3.8) is 0 Å². The van der Waals surface area contributed by atoms with E-state index in [1.807, 2.05) is 24.3 Å². The topological polar surface area (TPSA) is 47.0 Å². The second-order valence-corrected chi connectivity index (χ2v) is 4.65. The molecular weight excluding hydrogens is 280 g/mol. The largest absolute Gasteiger partial charge is 0.398 e. The first-order valence-electron chi connectivity index (χ1n) is 5.18. The Hall–Kier alpha value is -1.68. The van der Waals surface area contributed by atoms with Crippen molar-refractivity contribution >= 4 is 27.4 Å². The zero-order valence-corrected chi connectivity index (χ0v) is 10.7. The Morgan fingerprint density at radius 1 is 1.12 bits per heavy atom. The molecule has 86 valence electrons. The number of halogens is 1. The average Bonchev–Trinajstić information content (AvgIpc) is 2.33. The SMILES string of the molecule is Nc1cc[n+](CC(=O)c2ccc(Br)cc2)cc1. The lowest BCUT2D eigenvalue weighted by molar-refractivity contribution is -0.683. The molecule has 0 unspecified atom stereocenters. The number of benzene rings is 1. The van der Waals surface area contributed by atoms with Crippen LogP contribution in [0, 0.1) is 0 Å². The van der Waals surface area contributed by atoms with Gasteiger partial charge in [-0.3, -0.25) is 4.79 Å². The first kappa shape index (κ1) is 11.8. The standard InChI is InChI=1S/C13H11BrN2O/c14-11-3-1-10(2-4-11)13(17)9-16-7-5-12(15)6-8-16/h1-8,15H,9H2/p+1. The van der Waals surface area contributed by atoms with Gasteiger partial charge in [0.15, 0.2) is 12.4 Å². The molecule has 0 saturated carbocycles. The van der Waals surface area contributed by atoms with Gasteiger partial charge in [-0.05, 0) is 12.1 Å². The van der Waals surface area contributed by atoms with Gasteiger partial charge >= 0.3 is 0 Å². The van der Waals surface area contributed by atoms with Crippen molar-refractivity contribution in [2.45, 2.75) is 6.54 Å². The van der Waals surface area contributed by atoms with E-state index in [0.717, 1.165) is 4.47 Å². The summed E-state index contributed by atoms with van der Waals surface area (Å²) in [6, 6.07) is 10.9. The molecule has 1 aromatic heterocycles. The van der Waals surface area contributed by atoms with Crippen molar-refractivity contribution in [3.8, 4) is 0 Å². The lowest BCUT2D eigenvalue weighted by Gasteiger charge is -1.99. The third-order valence-electron chi connectivity index (χ3n) is 2.41. The molecule has 0 aliphatic carbocycles. The third-order valence-corrected chi connectivity index (χ3v) is 2.94. The molecule has 2 N–H and O–H groups in total. The van der Waals surface area contributed by atoms with Crippen LogP contribution in [0.2, 0.25) is 0 Å². The summed E-state index contributed by atoms with van der Waals surface area (Å²) in [5.41, 5.74) is 6.98. The Bertz CT molecular complexity index is 520. The van der Waals surface area contributed by atoms with Crippen molar-refractivity contribution in [2.24, 2.45) is 0 Å². The molecule has 0 aliphatic heterocycles. The Balaban J connectivity index is 2.11. The number of carbonyl (C=O) groups excluding carboxylic acids is 1. The van der Waals surface area contributed by atoms with Gasteiger partial charge in [-0.15, -0.1) is 0 Å². The van der Waals surface area contributed by atoms with Crippen molar-refractivity contribution in [1.29, 1.82) is 0 Å². The number of rotatable bonds is 3. The monoisotopic (exact) mass is 291 g/mol. The quantitative estimate of drug-likeness (QED) is 0.696. The lowest BCUT2D eigenvalue weighted by atomic mass is 10.1. The second-order valence-electron chi connectivity index (χ2n) is 3.73. The number of anilines is 1. The summed E-state index contributed by atoms with van der Waals surface area (Å²) < 4.78 is 2.77. The van der Waals surface area contributed by atoms with Crippen LogP contribution < -0.4 is 10.3 Å². The van der Waals surface area contributed by atoms with Gasteiger partial charge < -0.3 is 5.73 Å². The molecule has 0 radical (unpaired) electrons. The summed E-state index contributed by atoms with van der Waals surface area (Å²) in [6.07, 6.45) is 3.60. The van der Waals surface area contributed by atoms with Crippen molar-refractivity contribution in [2.75, 3.05) is 5.73 Å². The van der Waals surface area contributed by atoms with Crippen LogP contribution in [0.5, 0.6) is 0 Å². The van der Waals surface area contributed by atoms with Gasteiger partial charge in [0.25, 0.3) is 0 Å². The van der Waals surface area contributed by atoms with Crippen LogP contribution in [0.1, 0.15) is 10.4 Å². The molecule has 2 rings (SSSR count). The van der Waals surface area contributed by atoms with Crippen LogP contribution in [0.3, 0.4) is 0 Å². The summed E-state index contributed by atoms with van der Waals surface area (Å²) in [5, 5.41) is 0. The highest BCUT2D eigenvalue weighted by molar-refractivity contribution is 9.10. The van der Waals surface area contributed by atoms with E-state index in [0.29, 0.717) is 17.8 Å². The van der Waals surface area contributed by atoms with E-state index >= 15 is 0 Å². The summed E-state index contributed by atoms with van der Waals surface area (Å²) >= 11 is 3.34. The molecule has 0 bridgehead atoms. The number of ketones is 1. The Kier molecular flexibility index (Phi) is 3.54. The van der Waals surface area contributed by atoms with Crippen LogP contribution >= 0.6 is 15.9 Å². The molecule has 0 saturated heterocycles. The third kappa shape index (κ3) is 3.14. The summed E-state index contributed by atoms with van der Waals surface area (Å²) in [5.74, 6) is 0.0762. The molecule has 0 amide bonds. The first-order valence-corrected chi connectivity index (χ1v) is 5.98. The Morgan fingerprint density at radius 3 is 2.29 bits per heavy atom. The van der Waals surface area contributed by atoms with Gasteiger partial charge in [0.1, 0.15) is 0 Å². The minimum atomic E-state index is 0.0762. The number of pyridine rings is 1. The number of nitrogen functional groups attached to an aromatic ring is 1. The van der Waals surface area contributed by atoms with Crippen LogP contribution in [0.15, 0.2) is 53.3 Å². The smallest absolute Gasteiger partial charge is 0.227 e. The predicted molar refractivity (Wildman–Crippen MR) is 69.5 cm³/mol. The van der Waals surface area contributed by atoms with Gasteiger partial charge in [0.2, 0.25) is 12.3 Å². The highest BCUT2D eigenvalue weighted by Crippen LogP contribution is 2.10. The molecule has 0 spiro atoms. The minimum absolute atomic E-state index is 0.0762. The van der Waals surface area contributed by atoms with E-state index in [2.05, 4.69) is 15.9 Å². The van der Waals surface area contributed by atoms with E-state index in [-0.39, 0.29) is 5.78 Å². The predicted octanol–water partition coefficient (Wildman–Crippen LogP) is 2.20. The number of nitrogens with zero attached hydrogens (tertiary/aromatic N) is 1. The highest BCUT2D eigenvalue weighted by atomic mass is 79.9. The van der Waals surface area contributed by atoms with E-state index in [4.69, 9.17) is 5.73 Å². The highest BCUT2D eigenvalue weighted by Gasteiger charge is 2.11. The van der Waals surface area contributed by atoms with E-state index in [1.54, 1.807) is 29.1 Å². The minimum Gasteiger partial charge on any atom is -0.398 e. The number of carbonyl (C=O) groups is 1. The summed E-state index contributed by atoms with van der Waals surface area (Å²) in [6.45, 7) is 0.321. The normalized spacial score (nSPS) is 10.2. The molecule has 17 heavy (non-hydrogen) atoms. The van der Waals surface area contributed by atoms with Crippen LogP contribution in [0.25, 0.3) is 0 Å². The fourth-order valence-corrected chi connectivity index (χ4v) is 1.73. The van der Waals surface area contributed by atoms with Crippen molar-refractivity contribution < 1.29 is 9.36 Å². The molecule has 0 aliphatic rings. The van der Waals surface area contributed by atoms with Gasteiger partial charge in [0.05, 0.1) is 0 Å². The van der Waals surface area contributed by atoms with Crippen LogP contribution in [-0.4, -0.2) is 5.78 Å². The summed E-state index contributed by atoms with van der Waals surface area (Å²) in [4.78, 5) is 11.9. The fourth-order valence-electron chi connectivity index (χ4n) is 1.47. The number of Topliss-reactive ketones (excluding diaryl/α,β-unsaturated/α-hetero) is 1. The van der Waals surface area contributed by atoms with Crippen LogP contribution in [0.4, 0.5) is 5.69 Å². The number of aromatic nitrogens is 1. The number of hydrogen-bond acceptors (Lipinski definition) is 2. The lowest BCUT2D eigenvalue weighted by Crippen LogP contribution is -2.37. The maximum absolute atomic E-state index is 11.9. The molecule has 0 atom stereocenters. The zero-order chi connectivity index (χ0) is 12.3. The molecule has 1 aromatic carbocycles. The fraction of sp³-hybridized carbons (Fsp3) is 0.0769. The van der Waals surface area contributed by atoms with Crippen molar-refractivity contribution in [1.82, 2.24) is 0 Å². The number of hydrogen-bond donors (Lipinski definition) is 1. The van der Waals surface area contributed by atoms with Crippen molar-refractivity contribution in [3.05, 3.63) is 58.8 Å². The maximum atomic E-state index is 11.9. The molecule has 0 fully saturated rings. The second kappa shape index (κ2) is 5.10. The molecule has 1 heterocycles. The molecule has 2 aromatic rings. The first-order chi connectivity index (χ1) is 8.15. The van der Waals surface area contributed by atoms with Gasteiger partial charge in [0, 0.05) is 27.9 Å². The Morgan fingerprint density at radius 2 is 1.71 bits per heavy atom.